The molecule has 0 aliphatic heterocycles. The van der Waals surface area contributed by atoms with Crippen LogP contribution in [0.2, 0.25) is 5.02 Å². The molecule has 0 aliphatic carbocycles. The van der Waals surface area contributed by atoms with E-state index in [0.29, 0.717) is 10.7 Å². The molecule has 0 radical (unpaired) electrons. The van der Waals surface area contributed by atoms with E-state index in [4.69, 9.17) is 11.6 Å². The molecule has 3 rings (SSSR count). The summed E-state index contributed by atoms with van der Waals surface area (Å²) in [7, 11) is 0. The van der Waals surface area contributed by atoms with Gasteiger partial charge in [0.1, 0.15) is 0 Å². The van der Waals surface area contributed by atoms with Crippen LogP contribution in [0.15, 0.2) is 48.7 Å². The van der Waals surface area contributed by atoms with Gasteiger partial charge in [0.25, 0.3) is 0 Å². The lowest BCUT2D eigenvalue weighted by Gasteiger charge is -2.06. The topological polar surface area (TPSA) is 46.9 Å². The van der Waals surface area contributed by atoms with Crippen LogP contribution in [-0.4, -0.2) is 15.8 Å². The van der Waals surface area contributed by atoms with Crippen LogP contribution < -0.4 is 5.32 Å². The third kappa shape index (κ3) is 2.26. The fraction of sp³-hybridized carbons (Fsp3) is 0.0667. The molecule has 4 nitrogen and oxygen atoms in total. The number of hydrogen-bond donors (Lipinski definition) is 1. The maximum Gasteiger partial charge on any atom is 0.347 e. The summed E-state index contributed by atoms with van der Waals surface area (Å²) in [6, 6.07) is 12.4. The van der Waals surface area contributed by atoms with Gasteiger partial charge in [0.15, 0.2) is 0 Å². The minimum absolute atomic E-state index is 0.298. The number of aryl methyl sites for hydroxylation is 1. The van der Waals surface area contributed by atoms with Gasteiger partial charge >= 0.3 is 6.03 Å². The molecule has 0 atom stereocenters. The molecular formula is C15H12ClN3O. The summed E-state index contributed by atoms with van der Waals surface area (Å²) in [4.78, 5) is 12.2. The zero-order valence-electron chi connectivity index (χ0n) is 10.8. The number of amides is 1. The lowest BCUT2D eigenvalue weighted by molar-refractivity contribution is 0.252. The van der Waals surface area contributed by atoms with Crippen LogP contribution in [0.25, 0.3) is 10.9 Å². The van der Waals surface area contributed by atoms with Crippen molar-refractivity contribution in [1.29, 1.82) is 0 Å². The van der Waals surface area contributed by atoms with Crippen LogP contribution in [0, 0.1) is 6.92 Å². The van der Waals surface area contributed by atoms with E-state index in [9.17, 15) is 4.79 Å². The molecule has 100 valence electrons. The number of aromatic nitrogens is 2. The summed E-state index contributed by atoms with van der Waals surface area (Å²) in [6.45, 7) is 1.99. The maximum atomic E-state index is 12.2. The number of carbonyl (C=O) groups excluding carboxylic acids is 1. The van der Waals surface area contributed by atoms with E-state index in [0.717, 1.165) is 16.5 Å². The smallest absolute Gasteiger partial charge is 0.306 e. The average Bonchev–Trinajstić information content (AvgIpc) is 2.87. The second-order valence-corrected chi connectivity index (χ2v) is 4.94. The normalized spacial score (nSPS) is 10.7. The Labute approximate surface area is 121 Å². The number of nitrogens with one attached hydrogen (secondary N) is 1. The van der Waals surface area contributed by atoms with Crippen LogP contribution >= 0.6 is 11.6 Å². The fourth-order valence-corrected chi connectivity index (χ4v) is 2.19. The number of nitrogens with zero attached hydrogens (tertiary/aromatic N) is 2. The lowest BCUT2D eigenvalue weighted by atomic mass is 10.1. The summed E-state index contributed by atoms with van der Waals surface area (Å²) in [5.74, 6) is 0. The van der Waals surface area contributed by atoms with Crippen LogP contribution in [0.4, 0.5) is 10.5 Å². The molecule has 0 saturated carbocycles. The minimum atomic E-state index is -0.298. The molecule has 5 heteroatoms. The largest absolute Gasteiger partial charge is 0.347 e. The molecule has 2 aromatic carbocycles. The van der Waals surface area contributed by atoms with E-state index in [-0.39, 0.29) is 6.03 Å². The van der Waals surface area contributed by atoms with Gasteiger partial charge in [-0.2, -0.15) is 9.78 Å². The number of fused-ring (bicyclic) bond motifs is 1. The van der Waals surface area contributed by atoms with Gasteiger partial charge in [-0.1, -0.05) is 23.7 Å². The van der Waals surface area contributed by atoms with E-state index in [2.05, 4.69) is 10.4 Å². The monoisotopic (exact) mass is 285 g/mol. The highest BCUT2D eigenvalue weighted by Gasteiger charge is 2.11. The molecule has 1 amide bonds. The molecule has 1 N–H and O–H groups in total. The van der Waals surface area contributed by atoms with Crippen molar-refractivity contribution in [3.63, 3.8) is 0 Å². The second kappa shape index (κ2) is 4.98. The Morgan fingerprint density at radius 3 is 2.70 bits per heavy atom. The van der Waals surface area contributed by atoms with E-state index in [1.54, 1.807) is 30.5 Å². The van der Waals surface area contributed by atoms with Gasteiger partial charge in [-0.25, -0.2) is 4.79 Å². The first-order valence-electron chi connectivity index (χ1n) is 6.15. The molecule has 0 aliphatic rings. The molecular weight excluding hydrogens is 274 g/mol. The van der Waals surface area contributed by atoms with Crippen molar-refractivity contribution < 1.29 is 4.79 Å². The van der Waals surface area contributed by atoms with E-state index in [1.807, 2.05) is 25.1 Å². The van der Waals surface area contributed by atoms with Crippen molar-refractivity contribution in [3.05, 3.63) is 59.2 Å². The van der Waals surface area contributed by atoms with Gasteiger partial charge in [-0.15, -0.1) is 0 Å². The number of halogens is 1. The Kier molecular flexibility index (Phi) is 3.16. The second-order valence-electron chi connectivity index (χ2n) is 4.50. The first kappa shape index (κ1) is 12.7. The first-order chi connectivity index (χ1) is 9.65. The highest BCUT2D eigenvalue weighted by atomic mass is 35.5. The summed E-state index contributed by atoms with van der Waals surface area (Å²) >= 11 is 5.81. The molecule has 3 aromatic rings. The lowest BCUT2D eigenvalue weighted by Crippen LogP contribution is -2.20. The van der Waals surface area contributed by atoms with Crippen molar-refractivity contribution in [2.75, 3.05) is 5.32 Å². The number of carbonyl (C=O) groups is 1. The third-order valence-corrected chi connectivity index (χ3v) is 3.37. The summed E-state index contributed by atoms with van der Waals surface area (Å²) in [5, 5.41) is 8.53. The van der Waals surface area contributed by atoms with Crippen molar-refractivity contribution >= 4 is 34.2 Å². The molecule has 0 saturated heterocycles. The standard InChI is InChI=1S/C15H12ClN3O/c1-10-3-2-4-14-13(10)9-17-19(14)15(20)18-12-7-5-11(16)6-8-12/h2-9H,1H3,(H,18,20). The zero-order valence-corrected chi connectivity index (χ0v) is 11.6. The minimum Gasteiger partial charge on any atom is -0.306 e. The van der Waals surface area contributed by atoms with Crippen molar-refractivity contribution in [1.82, 2.24) is 9.78 Å². The predicted octanol–water partition coefficient (Wildman–Crippen LogP) is 4.08. The SMILES string of the molecule is Cc1cccc2c1cnn2C(=O)Nc1ccc(Cl)cc1. The summed E-state index contributed by atoms with van der Waals surface area (Å²) in [5.41, 5.74) is 2.56. The number of anilines is 1. The predicted molar refractivity (Wildman–Crippen MR) is 80.3 cm³/mol. The van der Waals surface area contributed by atoms with E-state index in [1.165, 1.54) is 4.68 Å². The van der Waals surface area contributed by atoms with Crippen LogP contribution in [0.1, 0.15) is 5.56 Å². The number of rotatable bonds is 1. The average molecular weight is 286 g/mol. The third-order valence-electron chi connectivity index (χ3n) is 3.12. The van der Waals surface area contributed by atoms with Gasteiger partial charge < -0.3 is 5.32 Å². The Morgan fingerprint density at radius 2 is 1.95 bits per heavy atom. The van der Waals surface area contributed by atoms with E-state index >= 15 is 0 Å². The highest BCUT2D eigenvalue weighted by molar-refractivity contribution is 6.30. The Hall–Kier alpha value is -2.33. The Balaban J connectivity index is 1.93. The quantitative estimate of drug-likeness (QED) is 0.732. The molecule has 1 heterocycles. The number of benzene rings is 2. The molecule has 0 spiro atoms. The molecule has 0 unspecified atom stereocenters. The van der Waals surface area contributed by atoms with Gasteiger partial charge in [0.2, 0.25) is 0 Å². The summed E-state index contributed by atoms with van der Waals surface area (Å²) < 4.78 is 1.36. The fourth-order valence-electron chi connectivity index (χ4n) is 2.07. The van der Waals surface area contributed by atoms with Crippen molar-refractivity contribution in [2.45, 2.75) is 6.92 Å². The first-order valence-corrected chi connectivity index (χ1v) is 6.53. The number of hydrogen-bond acceptors (Lipinski definition) is 2. The summed E-state index contributed by atoms with van der Waals surface area (Å²) in [6.07, 6.45) is 1.70. The Bertz CT molecular complexity index is 777. The molecule has 0 fully saturated rings. The zero-order chi connectivity index (χ0) is 14.1. The van der Waals surface area contributed by atoms with Gasteiger partial charge in [-0.3, -0.25) is 0 Å². The van der Waals surface area contributed by atoms with Crippen LogP contribution in [0.3, 0.4) is 0 Å². The molecule has 1 aromatic heterocycles. The van der Waals surface area contributed by atoms with Gasteiger partial charge in [-0.05, 0) is 42.8 Å². The molecule has 0 bridgehead atoms. The van der Waals surface area contributed by atoms with Crippen molar-refractivity contribution in [2.24, 2.45) is 0 Å². The van der Waals surface area contributed by atoms with Crippen LogP contribution in [-0.2, 0) is 0 Å². The molecule has 20 heavy (non-hydrogen) atoms. The van der Waals surface area contributed by atoms with Gasteiger partial charge in [0, 0.05) is 16.1 Å². The van der Waals surface area contributed by atoms with Crippen molar-refractivity contribution in [3.8, 4) is 0 Å². The Morgan fingerprint density at radius 1 is 1.20 bits per heavy atom. The van der Waals surface area contributed by atoms with E-state index < -0.39 is 0 Å². The van der Waals surface area contributed by atoms with Gasteiger partial charge in [0.05, 0.1) is 11.7 Å². The highest BCUT2D eigenvalue weighted by Crippen LogP contribution is 2.18. The van der Waals surface area contributed by atoms with Crippen LogP contribution in [0.5, 0.6) is 0 Å². The maximum absolute atomic E-state index is 12.2.